The number of fused-ring (bicyclic) bond motifs is 1. The van der Waals surface area contributed by atoms with Crippen LogP contribution in [0.15, 0.2) is 24.3 Å². The lowest BCUT2D eigenvalue weighted by Crippen LogP contribution is -2.57. The maximum absolute atomic E-state index is 13.1. The first-order chi connectivity index (χ1) is 13.5. The SMILES string of the molecule is O=C1N(Cc2ccc(F)cc2)CCCC1(O)CNCc1nnc2n1CCCC2. The van der Waals surface area contributed by atoms with Gasteiger partial charge in [-0.2, -0.15) is 0 Å². The lowest BCUT2D eigenvalue weighted by atomic mass is 9.91. The number of carbonyl (C=O) groups is 1. The molecule has 1 fully saturated rings. The summed E-state index contributed by atoms with van der Waals surface area (Å²) in [6.07, 6.45) is 4.37. The van der Waals surface area contributed by atoms with Gasteiger partial charge >= 0.3 is 0 Å². The van der Waals surface area contributed by atoms with Crippen LogP contribution < -0.4 is 5.32 Å². The molecule has 3 heterocycles. The van der Waals surface area contributed by atoms with Gasteiger partial charge in [0.05, 0.1) is 6.54 Å². The molecule has 1 amide bonds. The van der Waals surface area contributed by atoms with E-state index in [9.17, 15) is 14.3 Å². The molecule has 7 nitrogen and oxygen atoms in total. The maximum atomic E-state index is 13.1. The number of halogens is 1. The van der Waals surface area contributed by atoms with Crippen LogP contribution in [-0.4, -0.2) is 49.4 Å². The molecule has 0 spiro atoms. The molecule has 1 aromatic heterocycles. The Morgan fingerprint density at radius 3 is 2.79 bits per heavy atom. The topological polar surface area (TPSA) is 83.3 Å². The number of piperidine rings is 1. The van der Waals surface area contributed by atoms with Gasteiger partial charge in [-0.1, -0.05) is 12.1 Å². The van der Waals surface area contributed by atoms with Crippen molar-refractivity contribution in [2.24, 2.45) is 0 Å². The van der Waals surface area contributed by atoms with E-state index in [1.54, 1.807) is 17.0 Å². The maximum Gasteiger partial charge on any atom is 0.256 e. The molecule has 0 radical (unpaired) electrons. The Kier molecular flexibility index (Phi) is 5.41. The normalized spacial score (nSPS) is 22.4. The Morgan fingerprint density at radius 2 is 1.96 bits per heavy atom. The Labute approximate surface area is 163 Å². The summed E-state index contributed by atoms with van der Waals surface area (Å²) in [4.78, 5) is 14.5. The summed E-state index contributed by atoms with van der Waals surface area (Å²) in [6, 6.07) is 6.11. The van der Waals surface area contributed by atoms with Crippen LogP contribution in [-0.2, 0) is 30.8 Å². The van der Waals surface area contributed by atoms with Crippen molar-refractivity contribution < 1.29 is 14.3 Å². The van der Waals surface area contributed by atoms with Gasteiger partial charge in [0.15, 0.2) is 5.60 Å². The molecular weight excluding hydrogens is 361 g/mol. The zero-order chi connectivity index (χ0) is 19.6. The zero-order valence-corrected chi connectivity index (χ0v) is 15.9. The monoisotopic (exact) mass is 387 g/mol. The summed E-state index contributed by atoms with van der Waals surface area (Å²) in [5.41, 5.74) is -0.578. The molecule has 1 saturated heterocycles. The predicted molar refractivity (Wildman–Crippen MR) is 101 cm³/mol. The molecule has 28 heavy (non-hydrogen) atoms. The Morgan fingerprint density at radius 1 is 1.14 bits per heavy atom. The highest BCUT2D eigenvalue weighted by Crippen LogP contribution is 2.24. The largest absolute Gasteiger partial charge is 0.379 e. The summed E-state index contributed by atoms with van der Waals surface area (Å²) >= 11 is 0. The van der Waals surface area contributed by atoms with Crippen LogP contribution in [0.25, 0.3) is 0 Å². The molecule has 0 saturated carbocycles. The lowest BCUT2D eigenvalue weighted by Gasteiger charge is -2.38. The fourth-order valence-electron chi connectivity index (χ4n) is 4.07. The minimum absolute atomic E-state index is 0.175. The summed E-state index contributed by atoms with van der Waals surface area (Å²) < 4.78 is 15.2. The Hall–Kier alpha value is -2.32. The summed E-state index contributed by atoms with van der Waals surface area (Å²) in [6.45, 7) is 2.54. The van der Waals surface area contributed by atoms with E-state index in [4.69, 9.17) is 0 Å². The second-order valence-electron chi connectivity index (χ2n) is 7.73. The van der Waals surface area contributed by atoms with Crippen LogP contribution in [0, 0.1) is 5.82 Å². The molecule has 2 aromatic rings. The fourth-order valence-corrected chi connectivity index (χ4v) is 4.07. The molecule has 1 aromatic carbocycles. The minimum atomic E-state index is -1.43. The average molecular weight is 387 g/mol. The molecule has 2 aliphatic rings. The highest BCUT2D eigenvalue weighted by Gasteiger charge is 2.41. The van der Waals surface area contributed by atoms with Gasteiger partial charge < -0.3 is 19.9 Å². The van der Waals surface area contributed by atoms with Crippen LogP contribution in [0.4, 0.5) is 4.39 Å². The number of likely N-dealkylation sites (tertiary alicyclic amines) is 1. The third-order valence-corrected chi connectivity index (χ3v) is 5.63. The van der Waals surface area contributed by atoms with Crippen molar-refractivity contribution >= 4 is 5.91 Å². The first-order valence-corrected chi connectivity index (χ1v) is 9.93. The number of hydrogen-bond acceptors (Lipinski definition) is 5. The molecule has 150 valence electrons. The van der Waals surface area contributed by atoms with Gasteiger partial charge in [0, 0.05) is 32.6 Å². The van der Waals surface area contributed by atoms with Crippen molar-refractivity contribution in [1.82, 2.24) is 25.0 Å². The molecule has 0 aliphatic carbocycles. The van der Waals surface area contributed by atoms with Crippen molar-refractivity contribution in [3.05, 3.63) is 47.3 Å². The first kappa shape index (κ1) is 19.0. The van der Waals surface area contributed by atoms with E-state index in [0.717, 1.165) is 49.4 Å². The number of carbonyl (C=O) groups excluding carboxylic acids is 1. The molecule has 4 rings (SSSR count). The van der Waals surface area contributed by atoms with E-state index in [0.29, 0.717) is 26.1 Å². The number of amides is 1. The highest BCUT2D eigenvalue weighted by molar-refractivity contribution is 5.86. The van der Waals surface area contributed by atoms with Gasteiger partial charge in [-0.15, -0.1) is 10.2 Å². The molecule has 0 bridgehead atoms. The van der Waals surface area contributed by atoms with E-state index >= 15 is 0 Å². The third-order valence-electron chi connectivity index (χ3n) is 5.63. The number of nitrogens with zero attached hydrogens (tertiary/aromatic N) is 4. The summed E-state index contributed by atoms with van der Waals surface area (Å²) in [5, 5.41) is 22.6. The highest BCUT2D eigenvalue weighted by atomic mass is 19.1. The van der Waals surface area contributed by atoms with Crippen LogP contribution in [0.2, 0.25) is 0 Å². The number of rotatable bonds is 6. The van der Waals surface area contributed by atoms with Crippen molar-refractivity contribution in [2.45, 2.75) is 57.3 Å². The second-order valence-corrected chi connectivity index (χ2v) is 7.73. The summed E-state index contributed by atoms with van der Waals surface area (Å²) in [5.74, 6) is 1.29. The second kappa shape index (κ2) is 7.97. The fraction of sp³-hybridized carbons (Fsp3) is 0.550. The standard InChI is InChI=1S/C20H26FN5O2/c21-16-7-5-15(6-8-16)13-25-10-3-9-20(28,19(25)27)14-22-12-18-24-23-17-4-1-2-11-26(17)18/h5-8,22,28H,1-4,9-14H2. The van der Waals surface area contributed by atoms with Crippen LogP contribution in [0.5, 0.6) is 0 Å². The van der Waals surface area contributed by atoms with Gasteiger partial charge in [-0.05, 0) is 43.4 Å². The number of aryl methyl sites for hydroxylation is 1. The molecular formula is C20H26FN5O2. The molecule has 2 aliphatic heterocycles. The molecule has 1 unspecified atom stereocenters. The average Bonchev–Trinajstić information content (AvgIpc) is 3.11. The summed E-state index contributed by atoms with van der Waals surface area (Å²) in [7, 11) is 0. The smallest absolute Gasteiger partial charge is 0.256 e. The first-order valence-electron chi connectivity index (χ1n) is 9.93. The van der Waals surface area contributed by atoms with Crippen LogP contribution in [0.1, 0.15) is 42.9 Å². The number of benzene rings is 1. The van der Waals surface area contributed by atoms with Gasteiger partial charge in [0.25, 0.3) is 5.91 Å². The number of nitrogens with one attached hydrogen (secondary N) is 1. The van der Waals surface area contributed by atoms with E-state index in [1.165, 1.54) is 12.1 Å². The number of aromatic nitrogens is 3. The van der Waals surface area contributed by atoms with Crippen molar-refractivity contribution in [3.8, 4) is 0 Å². The van der Waals surface area contributed by atoms with Gasteiger partial charge in [-0.3, -0.25) is 4.79 Å². The number of aliphatic hydroxyl groups is 1. The molecule has 1 atom stereocenters. The Balaban J connectivity index is 1.36. The van der Waals surface area contributed by atoms with E-state index in [1.807, 2.05) is 0 Å². The van der Waals surface area contributed by atoms with Crippen molar-refractivity contribution in [3.63, 3.8) is 0 Å². The quantitative estimate of drug-likeness (QED) is 0.783. The minimum Gasteiger partial charge on any atom is -0.379 e. The van der Waals surface area contributed by atoms with Crippen LogP contribution >= 0.6 is 0 Å². The third kappa shape index (κ3) is 3.93. The zero-order valence-electron chi connectivity index (χ0n) is 15.9. The van der Waals surface area contributed by atoms with Gasteiger partial charge in [-0.25, -0.2) is 4.39 Å². The molecule has 2 N–H and O–H groups in total. The van der Waals surface area contributed by atoms with Gasteiger partial charge in [0.1, 0.15) is 17.5 Å². The van der Waals surface area contributed by atoms with E-state index < -0.39 is 5.60 Å². The van der Waals surface area contributed by atoms with Crippen molar-refractivity contribution in [2.75, 3.05) is 13.1 Å². The van der Waals surface area contributed by atoms with Crippen LogP contribution in [0.3, 0.4) is 0 Å². The van der Waals surface area contributed by atoms with E-state index in [-0.39, 0.29) is 18.3 Å². The molecule has 8 heteroatoms. The van der Waals surface area contributed by atoms with E-state index in [2.05, 4.69) is 20.1 Å². The van der Waals surface area contributed by atoms with Gasteiger partial charge in [0.2, 0.25) is 0 Å². The predicted octanol–water partition coefficient (Wildman–Crippen LogP) is 1.40. The number of hydrogen-bond donors (Lipinski definition) is 2. The van der Waals surface area contributed by atoms with Crippen molar-refractivity contribution in [1.29, 1.82) is 0 Å². The lowest BCUT2D eigenvalue weighted by molar-refractivity contribution is -0.157. The Bertz CT molecular complexity index is 838.